The van der Waals surface area contributed by atoms with Crippen LogP contribution in [0, 0.1) is 10.1 Å². The number of benzene rings is 1. The van der Waals surface area contributed by atoms with E-state index in [-0.39, 0.29) is 17.2 Å². The fraction of sp³-hybridized carbons (Fsp3) is 0.133. The first-order valence-electron chi connectivity index (χ1n) is 6.29. The summed E-state index contributed by atoms with van der Waals surface area (Å²) in [6.07, 6.45) is 1.61. The van der Waals surface area contributed by atoms with Crippen molar-refractivity contribution in [2.75, 3.05) is 6.54 Å². The molecule has 0 spiro atoms. The van der Waals surface area contributed by atoms with Gasteiger partial charge < -0.3 is 4.90 Å². The Hall–Kier alpha value is -2.47. The van der Waals surface area contributed by atoms with E-state index in [9.17, 15) is 14.9 Å². The standard InChI is InChI=1S/C15H14N2O3S/c1-2-9-16(11-12-6-5-10-21-12)15(18)13-7-3-4-8-14(13)17(19)20/h2-8,10H,1,9,11H2. The van der Waals surface area contributed by atoms with Crippen LogP contribution in [0.15, 0.2) is 54.4 Å². The SMILES string of the molecule is C=CCN(Cc1cccs1)C(=O)c1ccccc1[N+](=O)[O-]. The average Bonchev–Trinajstić information content (AvgIpc) is 2.99. The van der Waals surface area contributed by atoms with Gasteiger partial charge in [0.15, 0.2) is 0 Å². The first-order chi connectivity index (χ1) is 10.1. The predicted octanol–water partition coefficient (Wildman–Crippen LogP) is 3.48. The fourth-order valence-electron chi connectivity index (χ4n) is 1.95. The van der Waals surface area contributed by atoms with Crippen molar-refractivity contribution in [1.29, 1.82) is 0 Å². The number of para-hydroxylation sites is 1. The van der Waals surface area contributed by atoms with Gasteiger partial charge in [-0.25, -0.2) is 0 Å². The summed E-state index contributed by atoms with van der Waals surface area (Å²) < 4.78 is 0. The smallest absolute Gasteiger partial charge is 0.282 e. The molecule has 0 aliphatic heterocycles. The van der Waals surface area contributed by atoms with Gasteiger partial charge in [0.05, 0.1) is 11.5 Å². The van der Waals surface area contributed by atoms with Crippen LogP contribution >= 0.6 is 11.3 Å². The summed E-state index contributed by atoms with van der Waals surface area (Å²) in [7, 11) is 0. The molecule has 0 aliphatic carbocycles. The molecule has 0 fully saturated rings. The molecule has 0 saturated carbocycles. The molecule has 2 aromatic rings. The van der Waals surface area contributed by atoms with Crippen molar-refractivity contribution in [2.24, 2.45) is 0 Å². The monoisotopic (exact) mass is 302 g/mol. The summed E-state index contributed by atoms with van der Waals surface area (Å²) in [5.41, 5.74) is -0.0800. The average molecular weight is 302 g/mol. The maximum atomic E-state index is 12.6. The molecule has 0 bridgehead atoms. The molecule has 0 radical (unpaired) electrons. The molecule has 0 atom stereocenters. The largest absolute Gasteiger partial charge is 0.330 e. The Labute approximate surface area is 126 Å². The lowest BCUT2D eigenvalue weighted by Crippen LogP contribution is -2.30. The molecule has 1 aromatic heterocycles. The molecule has 0 saturated heterocycles. The predicted molar refractivity (Wildman–Crippen MR) is 82.4 cm³/mol. The second-order valence-corrected chi connectivity index (χ2v) is 5.36. The molecule has 1 heterocycles. The number of carbonyl (C=O) groups excluding carboxylic acids is 1. The highest BCUT2D eigenvalue weighted by Gasteiger charge is 2.23. The molecule has 1 aromatic carbocycles. The normalized spacial score (nSPS) is 10.1. The van der Waals surface area contributed by atoms with Gasteiger partial charge in [-0.15, -0.1) is 17.9 Å². The van der Waals surface area contributed by atoms with E-state index in [1.807, 2.05) is 17.5 Å². The minimum absolute atomic E-state index is 0.0981. The van der Waals surface area contributed by atoms with E-state index < -0.39 is 4.92 Å². The number of thiophene rings is 1. The number of nitro benzene ring substituents is 1. The van der Waals surface area contributed by atoms with Gasteiger partial charge in [0, 0.05) is 17.5 Å². The Morgan fingerprint density at radius 3 is 2.71 bits per heavy atom. The van der Waals surface area contributed by atoms with Gasteiger partial charge in [0.2, 0.25) is 0 Å². The van der Waals surface area contributed by atoms with Gasteiger partial charge in [-0.2, -0.15) is 0 Å². The quantitative estimate of drug-likeness (QED) is 0.466. The van der Waals surface area contributed by atoms with Crippen molar-refractivity contribution in [2.45, 2.75) is 6.54 Å². The second-order valence-electron chi connectivity index (χ2n) is 4.33. The molecule has 0 unspecified atom stereocenters. The van der Waals surface area contributed by atoms with Crippen LogP contribution in [0.4, 0.5) is 5.69 Å². The maximum absolute atomic E-state index is 12.6. The highest BCUT2D eigenvalue weighted by atomic mass is 32.1. The first-order valence-corrected chi connectivity index (χ1v) is 7.17. The van der Waals surface area contributed by atoms with Crippen molar-refractivity contribution in [3.05, 3.63) is 75.0 Å². The zero-order valence-electron chi connectivity index (χ0n) is 11.3. The Morgan fingerprint density at radius 2 is 2.10 bits per heavy atom. The lowest BCUT2D eigenvalue weighted by Gasteiger charge is -2.20. The van der Waals surface area contributed by atoms with Gasteiger partial charge in [-0.3, -0.25) is 14.9 Å². The summed E-state index contributed by atoms with van der Waals surface area (Å²) in [5, 5.41) is 13.0. The van der Waals surface area contributed by atoms with Gasteiger partial charge in [-0.05, 0) is 17.5 Å². The van der Waals surface area contributed by atoms with Crippen LogP contribution in [0.1, 0.15) is 15.2 Å². The molecular formula is C15H14N2O3S. The fourth-order valence-corrected chi connectivity index (χ4v) is 2.67. The molecule has 6 heteroatoms. The number of hydrogen-bond donors (Lipinski definition) is 0. The van der Waals surface area contributed by atoms with Crippen LogP contribution in [-0.4, -0.2) is 22.3 Å². The molecule has 0 N–H and O–H groups in total. The van der Waals surface area contributed by atoms with E-state index in [2.05, 4.69) is 6.58 Å². The summed E-state index contributed by atoms with van der Waals surface area (Å²) >= 11 is 1.54. The number of carbonyl (C=O) groups is 1. The Kier molecular flexibility index (Phi) is 4.84. The molecular weight excluding hydrogens is 288 g/mol. The molecule has 1 amide bonds. The third kappa shape index (κ3) is 3.55. The van der Waals surface area contributed by atoms with Gasteiger partial charge >= 0.3 is 0 Å². The number of nitro groups is 1. The third-order valence-electron chi connectivity index (χ3n) is 2.89. The Morgan fingerprint density at radius 1 is 1.33 bits per heavy atom. The topological polar surface area (TPSA) is 63.5 Å². The summed E-state index contributed by atoms with van der Waals surface area (Å²) in [6, 6.07) is 9.81. The Bertz CT molecular complexity index is 653. The number of rotatable bonds is 6. The van der Waals surface area contributed by atoms with Crippen molar-refractivity contribution in [3.63, 3.8) is 0 Å². The molecule has 0 aliphatic rings. The maximum Gasteiger partial charge on any atom is 0.282 e. The first kappa shape index (κ1) is 14.9. The van der Waals surface area contributed by atoms with Crippen LogP contribution in [0.25, 0.3) is 0 Å². The van der Waals surface area contributed by atoms with Gasteiger partial charge in [0.1, 0.15) is 5.56 Å². The Balaban J connectivity index is 2.30. The highest BCUT2D eigenvalue weighted by Crippen LogP contribution is 2.21. The number of hydrogen-bond acceptors (Lipinski definition) is 4. The van der Waals surface area contributed by atoms with Crippen LogP contribution < -0.4 is 0 Å². The lowest BCUT2D eigenvalue weighted by atomic mass is 10.1. The van der Waals surface area contributed by atoms with Gasteiger partial charge in [-0.1, -0.05) is 24.3 Å². The van der Waals surface area contributed by atoms with E-state index in [0.29, 0.717) is 13.1 Å². The zero-order valence-corrected chi connectivity index (χ0v) is 12.1. The number of nitrogens with zero attached hydrogens (tertiary/aromatic N) is 2. The van der Waals surface area contributed by atoms with Crippen molar-refractivity contribution < 1.29 is 9.72 Å². The van der Waals surface area contributed by atoms with Crippen molar-refractivity contribution >= 4 is 22.9 Å². The summed E-state index contributed by atoms with van der Waals surface area (Å²) in [6.45, 7) is 4.39. The number of amides is 1. The van der Waals surface area contributed by atoms with Gasteiger partial charge in [0.25, 0.3) is 11.6 Å². The van der Waals surface area contributed by atoms with E-state index in [0.717, 1.165) is 4.88 Å². The third-order valence-corrected chi connectivity index (χ3v) is 3.76. The van der Waals surface area contributed by atoms with Crippen LogP contribution in [0.2, 0.25) is 0 Å². The molecule has 21 heavy (non-hydrogen) atoms. The van der Waals surface area contributed by atoms with E-state index in [4.69, 9.17) is 0 Å². The van der Waals surface area contributed by atoms with Crippen LogP contribution in [0.3, 0.4) is 0 Å². The van der Waals surface area contributed by atoms with Crippen molar-refractivity contribution in [3.8, 4) is 0 Å². The molecule has 5 nitrogen and oxygen atoms in total. The van der Waals surface area contributed by atoms with E-state index in [1.54, 1.807) is 23.1 Å². The van der Waals surface area contributed by atoms with E-state index in [1.165, 1.54) is 23.5 Å². The zero-order chi connectivity index (χ0) is 15.2. The minimum Gasteiger partial charge on any atom is -0.330 e. The van der Waals surface area contributed by atoms with E-state index >= 15 is 0 Å². The lowest BCUT2D eigenvalue weighted by molar-refractivity contribution is -0.385. The minimum atomic E-state index is -0.537. The molecule has 2 rings (SSSR count). The van der Waals surface area contributed by atoms with Crippen LogP contribution in [0.5, 0.6) is 0 Å². The highest BCUT2D eigenvalue weighted by molar-refractivity contribution is 7.09. The van der Waals surface area contributed by atoms with Crippen molar-refractivity contribution in [1.82, 2.24) is 4.90 Å². The molecule has 108 valence electrons. The summed E-state index contributed by atoms with van der Waals surface area (Å²) in [5.74, 6) is -0.365. The summed E-state index contributed by atoms with van der Waals surface area (Å²) in [4.78, 5) is 25.6. The second kappa shape index (κ2) is 6.81. The van der Waals surface area contributed by atoms with Crippen LogP contribution in [-0.2, 0) is 6.54 Å².